The molecule has 1 aromatic heterocycles. The SMILES string of the molecule is N#Cc1c[nH]c(C(=O)Nc2cccc(NC(=O)C3CCCCC3)c2)c1. The van der Waals surface area contributed by atoms with E-state index < -0.39 is 0 Å². The molecule has 2 aromatic rings. The van der Waals surface area contributed by atoms with Gasteiger partial charge in [-0.1, -0.05) is 25.3 Å². The monoisotopic (exact) mass is 336 g/mol. The Hall–Kier alpha value is -3.07. The molecule has 1 saturated carbocycles. The number of rotatable bonds is 4. The highest BCUT2D eigenvalue weighted by Crippen LogP contribution is 2.25. The van der Waals surface area contributed by atoms with Gasteiger partial charge in [0, 0.05) is 23.5 Å². The summed E-state index contributed by atoms with van der Waals surface area (Å²) in [6.07, 6.45) is 6.78. The van der Waals surface area contributed by atoms with Crippen molar-refractivity contribution in [3.05, 3.63) is 47.8 Å². The van der Waals surface area contributed by atoms with Crippen molar-refractivity contribution in [2.75, 3.05) is 10.6 Å². The maximum atomic E-state index is 12.3. The number of hydrogen-bond donors (Lipinski definition) is 3. The van der Waals surface area contributed by atoms with Crippen LogP contribution >= 0.6 is 0 Å². The number of aromatic amines is 1. The van der Waals surface area contributed by atoms with E-state index in [-0.39, 0.29) is 17.7 Å². The minimum Gasteiger partial charge on any atom is -0.356 e. The maximum Gasteiger partial charge on any atom is 0.272 e. The van der Waals surface area contributed by atoms with Gasteiger partial charge in [-0.25, -0.2) is 0 Å². The molecule has 0 unspecified atom stereocenters. The van der Waals surface area contributed by atoms with E-state index in [1.54, 1.807) is 24.3 Å². The molecule has 1 aliphatic rings. The third kappa shape index (κ3) is 4.27. The molecule has 0 radical (unpaired) electrons. The lowest BCUT2D eigenvalue weighted by atomic mass is 9.88. The first-order chi connectivity index (χ1) is 12.2. The molecular formula is C19H20N4O2. The molecule has 3 rings (SSSR count). The summed E-state index contributed by atoms with van der Waals surface area (Å²) < 4.78 is 0. The molecular weight excluding hydrogens is 316 g/mol. The van der Waals surface area contributed by atoms with Crippen molar-refractivity contribution in [3.63, 3.8) is 0 Å². The number of carbonyl (C=O) groups excluding carboxylic acids is 2. The topological polar surface area (TPSA) is 97.8 Å². The molecule has 128 valence electrons. The molecule has 0 aliphatic heterocycles. The van der Waals surface area contributed by atoms with Gasteiger partial charge in [0.05, 0.1) is 5.56 Å². The first-order valence-electron chi connectivity index (χ1n) is 8.46. The van der Waals surface area contributed by atoms with E-state index in [1.807, 2.05) is 6.07 Å². The summed E-state index contributed by atoms with van der Waals surface area (Å²) in [5, 5.41) is 14.5. The van der Waals surface area contributed by atoms with Gasteiger partial charge in [0.25, 0.3) is 5.91 Å². The molecule has 3 N–H and O–H groups in total. The molecule has 1 fully saturated rings. The van der Waals surface area contributed by atoms with Crippen LogP contribution in [0.25, 0.3) is 0 Å². The normalized spacial score (nSPS) is 14.5. The van der Waals surface area contributed by atoms with Gasteiger partial charge in [0.1, 0.15) is 11.8 Å². The molecule has 0 bridgehead atoms. The quantitative estimate of drug-likeness (QED) is 0.794. The van der Waals surface area contributed by atoms with E-state index in [1.165, 1.54) is 18.7 Å². The fraction of sp³-hybridized carbons (Fsp3) is 0.316. The summed E-state index contributed by atoms with van der Waals surface area (Å²) in [4.78, 5) is 27.3. The first-order valence-corrected chi connectivity index (χ1v) is 8.46. The Labute approximate surface area is 146 Å². The number of nitriles is 1. The molecule has 0 atom stereocenters. The van der Waals surface area contributed by atoms with Crippen molar-refractivity contribution < 1.29 is 9.59 Å². The van der Waals surface area contributed by atoms with E-state index >= 15 is 0 Å². The Morgan fingerprint density at radius 1 is 1.08 bits per heavy atom. The number of carbonyl (C=O) groups is 2. The van der Waals surface area contributed by atoms with E-state index in [0.29, 0.717) is 22.6 Å². The fourth-order valence-corrected chi connectivity index (χ4v) is 3.07. The lowest BCUT2D eigenvalue weighted by Gasteiger charge is -2.20. The summed E-state index contributed by atoms with van der Waals surface area (Å²) in [5.41, 5.74) is 1.96. The number of aromatic nitrogens is 1. The lowest BCUT2D eigenvalue weighted by Crippen LogP contribution is -2.24. The minimum atomic E-state index is -0.336. The summed E-state index contributed by atoms with van der Waals surface area (Å²) in [6.45, 7) is 0. The second-order valence-electron chi connectivity index (χ2n) is 6.27. The first kappa shape index (κ1) is 16.8. The number of hydrogen-bond acceptors (Lipinski definition) is 3. The highest BCUT2D eigenvalue weighted by Gasteiger charge is 2.21. The molecule has 1 aromatic carbocycles. The largest absolute Gasteiger partial charge is 0.356 e. The molecule has 1 heterocycles. The van der Waals surface area contributed by atoms with Crippen LogP contribution in [0.3, 0.4) is 0 Å². The Morgan fingerprint density at radius 3 is 2.48 bits per heavy atom. The molecule has 2 amide bonds. The van der Waals surface area contributed by atoms with Crippen LogP contribution in [-0.2, 0) is 4.79 Å². The number of H-pyrrole nitrogens is 1. The predicted octanol–water partition coefficient (Wildman–Crippen LogP) is 3.66. The van der Waals surface area contributed by atoms with Gasteiger partial charge in [-0.3, -0.25) is 9.59 Å². The predicted molar refractivity (Wildman–Crippen MR) is 95.1 cm³/mol. The number of amides is 2. The van der Waals surface area contributed by atoms with Crippen LogP contribution in [0, 0.1) is 17.2 Å². The van der Waals surface area contributed by atoms with E-state index in [9.17, 15) is 9.59 Å². The van der Waals surface area contributed by atoms with Crippen LogP contribution in [-0.4, -0.2) is 16.8 Å². The smallest absolute Gasteiger partial charge is 0.272 e. The number of nitrogens with zero attached hydrogens (tertiary/aromatic N) is 1. The Balaban J connectivity index is 1.63. The number of nitrogens with one attached hydrogen (secondary N) is 3. The zero-order valence-electron chi connectivity index (χ0n) is 13.8. The van der Waals surface area contributed by atoms with Gasteiger partial charge in [-0.05, 0) is 37.1 Å². The van der Waals surface area contributed by atoms with Gasteiger partial charge >= 0.3 is 0 Å². The Morgan fingerprint density at radius 2 is 1.80 bits per heavy atom. The van der Waals surface area contributed by atoms with Gasteiger partial charge in [0.15, 0.2) is 0 Å². The fourth-order valence-electron chi connectivity index (χ4n) is 3.07. The Kier molecular flexibility index (Phi) is 5.14. The zero-order chi connectivity index (χ0) is 17.6. The van der Waals surface area contributed by atoms with Crippen molar-refractivity contribution in [2.24, 2.45) is 5.92 Å². The second-order valence-corrected chi connectivity index (χ2v) is 6.27. The van der Waals surface area contributed by atoms with E-state index in [4.69, 9.17) is 5.26 Å². The van der Waals surface area contributed by atoms with E-state index in [0.717, 1.165) is 25.7 Å². The standard InChI is InChI=1S/C19H20N4O2/c20-11-13-9-17(21-12-13)19(25)23-16-8-4-7-15(10-16)22-18(24)14-5-2-1-3-6-14/h4,7-10,12,14,21H,1-3,5-6H2,(H,22,24)(H,23,25). The van der Waals surface area contributed by atoms with Crippen molar-refractivity contribution in [1.29, 1.82) is 5.26 Å². The summed E-state index contributed by atoms with van der Waals surface area (Å²) in [6, 6.07) is 10.5. The number of benzene rings is 1. The van der Waals surface area contributed by atoms with Crippen LogP contribution in [0.15, 0.2) is 36.5 Å². The third-order valence-corrected chi connectivity index (χ3v) is 4.42. The average Bonchev–Trinajstić information content (AvgIpc) is 3.12. The van der Waals surface area contributed by atoms with Crippen LogP contribution in [0.4, 0.5) is 11.4 Å². The van der Waals surface area contributed by atoms with Crippen molar-refractivity contribution in [2.45, 2.75) is 32.1 Å². The Bertz CT molecular complexity index is 813. The highest BCUT2D eigenvalue weighted by molar-refractivity contribution is 6.03. The lowest BCUT2D eigenvalue weighted by molar-refractivity contribution is -0.120. The summed E-state index contributed by atoms with van der Waals surface area (Å²) >= 11 is 0. The van der Waals surface area contributed by atoms with Gasteiger partial charge in [0.2, 0.25) is 5.91 Å². The molecule has 0 spiro atoms. The summed E-state index contributed by atoms with van der Waals surface area (Å²) in [7, 11) is 0. The van der Waals surface area contributed by atoms with Crippen molar-refractivity contribution in [1.82, 2.24) is 4.98 Å². The number of anilines is 2. The second kappa shape index (κ2) is 7.67. The van der Waals surface area contributed by atoms with Crippen LogP contribution in [0.2, 0.25) is 0 Å². The van der Waals surface area contributed by atoms with Gasteiger partial charge in [-0.15, -0.1) is 0 Å². The van der Waals surface area contributed by atoms with Gasteiger partial charge < -0.3 is 15.6 Å². The zero-order valence-corrected chi connectivity index (χ0v) is 13.8. The molecule has 25 heavy (non-hydrogen) atoms. The summed E-state index contributed by atoms with van der Waals surface area (Å²) in [5.74, 6) is -0.209. The van der Waals surface area contributed by atoms with Crippen molar-refractivity contribution in [3.8, 4) is 6.07 Å². The third-order valence-electron chi connectivity index (χ3n) is 4.42. The molecule has 1 aliphatic carbocycles. The van der Waals surface area contributed by atoms with Crippen LogP contribution in [0.5, 0.6) is 0 Å². The molecule has 0 saturated heterocycles. The van der Waals surface area contributed by atoms with Gasteiger partial charge in [-0.2, -0.15) is 5.26 Å². The highest BCUT2D eigenvalue weighted by atomic mass is 16.2. The molecule has 6 nitrogen and oxygen atoms in total. The molecule has 6 heteroatoms. The van der Waals surface area contributed by atoms with Crippen molar-refractivity contribution >= 4 is 23.2 Å². The maximum absolute atomic E-state index is 12.3. The average molecular weight is 336 g/mol. The van der Waals surface area contributed by atoms with Crippen LogP contribution < -0.4 is 10.6 Å². The van der Waals surface area contributed by atoms with Crippen LogP contribution in [0.1, 0.15) is 48.2 Å². The van der Waals surface area contributed by atoms with E-state index in [2.05, 4.69) is 15.6 Å². The minimum absolute atomic E-state index is 0.0474.